The second kappa shape index (κ2) is 6.56. The Labute approximate surface area is 129 Å². The van der Waals surface area contributed by atoms with Crippen LogP contribution in [-0.4, -0.2) is 41.9 Å². The van der Waals surface area contributed by atoms with E-state index in [1.165, 1.54) is 6.20 Å². The number of alkyl halides is 1. The topological polar surface area (TPSA) is 47.1 Å². The molecule has 1 heterocycles. The first-order chi connectivity index (χ1) is 9.99. The first kappa shape index (κ1) is 15.9. The van der Waals surface area contributed by atoms with E-state index in [0.717, 1.165) is 6.54 Å². The number of benzene rings is 1. The molecule has 0 spiro atoms. The molecular weight excluding hydrogens is 291 g/mol. The van der Waals surface area contributed by atoms with E-state index in [9.17, 15) is 0 Å². The fourth-order valence-corrected chi connectivity index (χ4v) is 2.57. The highest BCUT2D eigenvalue weighted by Gasteiger charge is 2.38. The average molecular weight is 311 g/mol. The lowest BCUT2D eigenvalue weighted by Gasteiger charge is -2.26. The van der Waals surface area contributed by atoms with Gasteiger partial charge in [-0.15, -0.1) is 0 Å². The minimum Gasteiger partial charge on any atom is -0.327 e. The lowest BCUT2D eigenvalue weighted by atomic mass is 9.92. The van der Waals surface area contributed by atoms with Crippen LogP contribution in [0.15, 0.2) is 36.5 Å². The van der Waals surface area contributed by atoms with Crippen molar-refractivity contribution in [1.29, 1.82) is 0 Å². The van der Waals surface area contributed by atoms with Crippen molar-refractivity contribution in [3.63, 3.8) is 0 Å². The Bertz CT molecular complexity index is 585. The Hall–Kier alpha value is -1.43. The molecule has 114 valence electrons. The first-order valence-electron chi connectivity index (χ1n) is 6.80. The largest absolute Gasteiger partial charge is 0.327 e. The fourth-order valence-electron chi connectivity index (χ4n) is 2.27. The number of aromatic nitrogens is 2. The predicted octanol–water partition coefficient (Wildman–Crippen LogP) is 2.27. The third-order valence-electron chi connectivity index (χ3n) is 3.44. The number of nitrogens with zero attached hydrogens (tertiary/aromatic N) is 3. The summed E-state index contributed by atoms with van der Waals surface area (Å²) in [4.78, 5) is 2.00. The molecule has 2 rings (SSSR count). The molecule has 1 aromatic heterocycles. The molecule has 0 aliphatic rings. The van der Waals surface area contributed by atoms with Gasteiger partial charge in [0.1, 0.15) is 5.69 Å². The summed E-state index contributed by atoms with van der Waals surface area (Å²) in [5.74, 6) is 0. The number of nitrogens with two attached hydrogens (primary N) is 1. The van der Waals surface area contributed by atoms with Gasteiger partial charge in [-0.1, -0.05) is 41.9 Å². The summed E-state index contributed by atoms with van der Waals surface area (Å²) in [6, 6.07) is 8.84. The third kappa shape index (κ3) is 3.26. The molecule has 0 aliphatic carbocycles. The molecule has 0 bridgehead atoms. The molecule has 2 N–H and O–H groups in total. The van der Waals surface area contributed by atoms with Crippen LogP contribution in [0.25, 0.3) is 0 Å². The molecule has 0 saturated heterocycles. The van der Waals surface area contributed by atoms with Crippen LogP contribution >= 0.6 is 11.6 Å². The summed E-state index contributed by atoms with van der Waals surface area (Å²) >= 11 is 6.18. The summed E-state index contributed by atoms with van der Waals surface area (Å²) in [6.45, 7) is 1.10. The number of likely N-dealkylation sites (N-methyl/N-ethyl adjacent to an activating group) is 1. The Morgan fingerprint density at radius 3 is 2.57 bits per heavy atom. The standard InChI is InChI=1S/C15H20ClFN4/c1-20(2)8-9-21-14(13(16)10-19-21)15(17,11-18)12-6-4-3-5-7-12/h3-7,10H,8-9,11,18H2,1-2H3. The van der Waals surface area contributed by atoms with Crippen molar-refractivity contribution in [2.45, 2.75) is 12.2 Å². The van der Waals surface area contributed by atoms with Crippen molar-refractivity contribution in [2.75, 3.05) is 27.2 Å². The summed E-state index contributed by atoms with van der Waals surface area (Å²) in [6.07, 6.45) is 1.47. The molecule has 2 aromatic rings. The van der Waals surface area contributed by atoms with Gasteiger partial charge in [-0.05, 0) is 19.7 Å². The average Bonchev–Trinajstić information content (AvgIpc) is 2.87. The zero-order chi connectivity index (χ0) is 15.5. The van der Waals surface area contributed by atoms with E-state index in [2.05, 4.69) is 5.10 Å². The van der Waals surface area contributed by atoms with E-state index >= 15 is 4.39 Å². The molecule has 1 unspecified atom stereocenters. The van der Waals surface area contributed by atoms with Crippen LogP contribution in [0.5, 0.6) is 0 Å². The molecule has 0 saturated carbocycles. The summed E-state index contributed by atoms with van der Waals surface area (Å²) < 4.78 is 17.2. The Kier molecular flexibility index (Phi) is 4.98. The van der Waals surface area contributed by atoms with Crippen LogP contribution in [0.3, 0.4) is 0 Å². The van der Waals surface area contributed by atoms with Crippen LogP contribution < -0.4 is 5.73 Å². The molecule has 0 amide bonds. The van der Waals surface area contributed by atoms with Crippen LogP contribution in [0.2, 0.25) is 5.02 Å². The van der Waals surface area contributed by atoms with Crippen molar-refractivity contribution in [1.82, 2.24) is 14.7 Å². The van der Waals surface area contributed by atoms with Gasteiger partial charge >= 0.3 is 0 Å². The second-order valence-electron chi connectivity index (χ2n) is 5.24. The van der Waals surface area contributed by atoms with E-state index in [-0.39, 0.29) is 6.54 Å². The molecule has 0 aliphatic heterocycles. The lowest BCUT2D eigenvalue weighted by molar-refractivity contribution is 0.212. The summed E-state index contributed by atoms with van der Waals surface area (Å²) in [7, 11) is 3.90. The van der Waals surface area contributed by atoms with Crippen molar-refractivity contribution >= 4 is 11.6 Å². The van der Waals surface area contributed by atoms with Crippen molar-refractivity contribution in [2.24, 2.45) is 5.73 Å². The minimum absolute atomic E-state index is 0.190. The van der Waals surface area contributed by atoms with Gasteiger partial charge in [-0.2, -0.15) is 5.10 Å². The third-order valence-corrected chi connectivity index (χ3v) is 3.72. The molecule has 21 heavy (non-hydrogen) atoms. The second-order valence-corrected chi connectivity index (χ2v) is 5.65. The molecule has 1 atom stereocenters. The highest BCUT2D eigenvalue weighted by atomic mass is 35.5. The SMILES string of the molecule is CN(C)CCn1ncc(Cl)c1C(F)(CN)c1ccccc1. The molecule has 6 heteroatoms. The van der Waals surface area contributed by atoms with Gasteiger partial charge in [0.05, 0.1) is 17.8 Å². The van der Waals surface area contributed by atoms with Gasteiger partial charge in [-0.3, -0.25) is 4.68 Å². The normalized spacial score (nSPS) is 14.4. The Morgan fingerprint density at radius 1 is 1.33 bits per heavy atom. The van der Waals surface area contributed by atoms with Gasteiger partial charge < -0.3 is 10.6 Å². The van der Waals surface area contributed by atoms with E-state index in [0.29, 0.717) is 22.8 Å². The zero-order valence-corrected chi connectivity index (χ0v) is 13.0. The number of halogens is 2. The molecule has 0 radical (unpaired) electrons. The fraction of sp³-hybridized carbons (Fsp3) is 0.400. The van der Waals surface area contributed by atoms with Crippen molar-refractivity contribution in [3.8, 4) is 0 Å². The Balaban J connectivity index is 2.45. The maximum absolute atomic E-state index is 15.6. The van der Waals surface area contributed by atoms with Gasteiger partial charge in [-0.25, -0.2) is 4.39 Å². The predicted molar refractivity (Wildman–Crippen MR) is 83.2 cm³/mol. The van der Waals surface area contributed by atoms with Gasteiger partial charge in [0.25, 0.3) is 0 Å². The monoisotopic (exact) mass is 310 g/mol. The van der Waals surface area contributed by atoms with E-state index in [1.54, 1.807) is 28.9 Å². The van der Waals surface area contributed by atoms with E-state index in [1.807, 2.05) is 25.1 Å². The van der Waals surface area contributed by atoms with Crippen LogP contribution in [-0.2, 0) is 12.2 Å². The summed E-state index contributed by atoms with van der Waals surface area (Å²) in [5.41, 5.74) is 4.70. The summed E-state index contributed by atoms with van der Waals surface area (Å²) in [5, 5.41) is 4.49. The van der Waals surface area contributed by atoms with Crippen molar-refractivity contribution in [3.05, 3.63) is 52.8 Å². The van der Waals surface area contributed by atoms with Gasteiger partial charge in [0.2, 0.25) is 0 Å². The maximum Gasteiger partial charge on any atom is 0.190 e. The molecule has 1 aromatic carbocycles. The van der Waals surface area contributed by atoms with Gasteiger partial charge in [0, 0.05) is 13.1 Å². The quantitative estimate of drug-likeness (QED) is 0.890. The first-order valence-corrected chi connectivity index (χ1v) is 7.18. The zero-order valence-electron chi connectivity index (χ0n) is 12.3. The van der Waals surface area contributed by atoms with E-state index in [4.69, 9.17) is 17.3 Å². The number of hydrogen-bond acceptors (Lipinski definition) is 3. The van der Waals surface area contributed by atoms with Crippen molar-refractivity contribution < 1.29 is 4.39 Å². The Morgan fingerprint density at radius 2 is 2.00 bits per heavy atom. The van der Waals surface area contributed by atoms with Gasteiger partial charge in [0.15, 0.2) is 5.67 Å². The lowest BCUT2D eigenvalue weighted by Crippen LogP contribution is -2.35. The molecular formula is C15H20ClFN4. The van der Waals surface area contributed by atoms with Crippen LogP contribution in [0.1, 0.15) is 11.3 Å². The van der Waals surface area contributed by atoms with Crippen LogP contribution in [0.4, 0.5) is 4.39 Å². The maximum atomic E-state index is 15.6. The number of hydrogen-bond donors (Lipinski definition) is 1. The minimum atomic E-state index is -1.85. The highest BCUT2D eigenvalue weighted by molar-refractivity contribution is 6.31. The van der Waals surface area contributed by atoms with Crippen LogP contribution in [0, 0.1) is 0 Å². The molecule has 0 fully saturated rings. The molecule has 4 nitrogen and oxygen atoms in total. The highest BCUT2D eigenvalue weighted by Crippen LogP contribution is 2.37. The smallest absolute Gasteiger partial charge is 0.190 e. The number of rotatable bonds is 6. The van der Waals surface area contributed by atoms with E-state index < -0.39 is 5.67 Å².